The highest BCUT2D eigenvalue weighted by Crippen LogP contribution is 2.12. The van der Waals surface area contributed by atoms with Crippen LogP contribution in [0.5, 0.6) is 0 Å². The summed E-state index contributed by atoms with van der Waals surface area (Å²) in [5, 5.41) is 6.70. The fourth-order valence-electron chi connectivity index (χ4n) is 2.05. The second-order valence-electron chi connectivity index (χ2n) is 5.14. The van der Waals surface area contributed by atoms with Crippen LogP contribution in [0.4, 0.5) is 0 Å². The molecule has 5 nitrogen and oxygen atoms in total. The van der Waals surface area contributed by atoms with Crippen molar-refractivity contribution in [2.75, 3.05) is 0 Å². The first-order valence-electron chi connectivity index (χ1n) is 7.23. The molecule has 5 heteroatoms. The van der Waals surface area contributed by atoms with Crippen molar-refractivity contribution >= 4 is 24.2 Å². The van der Waals surface area contributed by atoms with Crippen LogP contribution in [0, 0.1) is 6.92 Å². The summed E-state index contributed by atoms with van der Waals surface area (Å²) in [4.78, 5) is 16.1. The Morgan fingerprint density at radius 2 is 1.78 bits per heavy atom. The summed E-state index contributed by atoms with van der Waals surface area (Å²) in [6.07, 6.45) is 3.40. The molecule has 0 bridgehead atoms. The SMILES string of the molecule is Cc1ccc(/C=C2/N=C(N/N=C/c3ccccc3)NC2=O)cc1. The van der Waals surface area contributed by atoms with Gasteiger partial charge in [0.15, 0.2) is 0 Å². The first kappa shape index (κ1) is 14.7. The summed E-state index contributed by atoms with van der Waals surface area (Å²) in [6, 6.07) is 17.5. The summed E-state index contributed by atoms with van der Waals surface area (Å²) in [6.45, 7) is 2.02. The van der Waals surface area contributed by atoms with Crippen LogP contribution in [0.2, 0.25) is 0 Å². The molecule has 0 aliphatic carbocycles. The zero-order valence-electron chi connectivity index (χ0n) is 12.7. The molecule has 0 unspecified atom stereocenters. The number of nitrogens with one attached hydrogen (secondary N) is 2. The number of nitrogens with zero attached hydrogens (tertiary/aromatic N) is 2. The molecule has 0 atom stereocenters. The Bertz CT molecular complexity index is 790. The minimum absolute atomic E-state index is 0.247. The van der Waals surface area contributed by atoms with E-state index in [1.54, 1.807) is 12.3 Å². The van der Waals surface area contributed by atoms with Gasteiger partial charge in [0.1, 0.15) is 5.70 Å². The zero-order valence-corrected chi connectivity index (χ0v) is 12.7. The van der Waals surface area contributed by atoms with Crippen molar-refractivity contribution in [1.29, 1.82) is 0 Å². The first-order chi connectivity index (χ1) is 11.2. The number of aryl methyl sites for hydroxylation is 1. The van der Waals surface area contributed by atoms with Gasteiger partial charge in [0.05, 0.1) is 6.21 Å². The van der Waals surface area contributed by atoms with Crippen LogP contribution in [0.15, 0.2) is 70.4 Å². The molecule has 2 aromatic carbocycles. The second kappa shape index (κ2) is 6.70. The molecule has 1 aliphatic rings. The minimum atomic E-state index is -0.247. The largest absolute Gasteiger partial charge is 0.289 e. The monoisotopic (exact) mass is 304 g/mol. The predicted molar refractivity (Wildman–Crippen MR) is 91.9 cm³/mol. The smallest absolute Gasteiger partial charge is 0.276 e. The van der Waals surface area contributed by atoms with Gasteiger partial charge in [0, 0.05) is 0 Å². The summed E-state index contributed by atoms with van der Waals surface area (Å²) >= 11 is 0. The standard InChI is InChI=1S/C18H16N4O/c1-13-7-9-14(10-8-13)11-16-17(23)21-18(20-16)22-19-12-15-5-3-2-4-6-15/h2-12H,1H3,(H2,20,21,22,23)/b16-11+,19-12+. The first-order valence-corrected chi connectivity index (χ1v) is 7.23. The van der Waals surface area contributed by atoms with Gasteiger partial charge >= 0.3 is 0 Å². The number of rotatable bonds is 3. The molecule has 2 aromatic rings. The number of benzene rings is 2. The molecule has 0 radical (unpaired) electrons. The van der Waals surface area contributed by atoms with Crippen LogP contribution < -0.4 is 10.7 Å². The second-order valence-corrected chi connectivity index (χ2v) is 5.14. The van der Waals surface area contributed by atoms with Gasteiger partial charge in [-0.25, -0.2) is 10.4 Å². The summed E-state index contributed by atoms with van der Waals surface area (Å²) < 4.78 is 0. The average Bonchev–Trinajstić information content (AvgIpc) is 2.90. The summed E-state index contributed by atoms with van der Waals surface area (Å²) in [7, 11) is 0. The number of aliphatic imine (C=N–C) groups is 1. The van der Waals surface area contributed by atoms with Gasteiger partial charge in [-0.05, 0) is 24.1 Å². The maximum absolute atomic E-state index is 11.9. The van der Waals surface area contributed by atoms with Gasteiger partial charge in [-0.1, -0.05) is 60.2 Å². The molecule has 23 heavy (non-hydrogen) atoms. The number of hydrazone groups is 1. The molecule has 114 valence electrons. The molecule has 1 heterocycles. The quantitative estimate of drug-likeness (QED) is 0.519. The highest BCUT2D eigenvalue weighted by Gasteiger charge is 2.19. The van der Waals surface area contributed by atoms with Crippen molar-refractivity contribution in [1.82, 2.24) is 10.7 Å². The topological polar surface area (TPSA) is 65.8 Å². The Kier molecular flexibility index (Phi) is 4.29. The number of carbonyl (C=O) groups excluding carboxylic acids is 1. The third-order valence-corrected chi connectivity index (χ3v) is 3.26. The van der Waals surface area contributed by atoms with Gasteiger partial charge in [0.2, 0.25) is 5.96 Å². The number of hydrogen-bond acceptors (Lipinski definition) is 4. The molecule has 3 rings (SSSR count). The maximum atomic E-state index is 11.9. The Balaban J connectivity index is 1.69. The van der Waals surface area contributed by atoms with Crippen molar-refractivity contribution in [3.05, 3.63) is 77.0 Å². The predicted octanol–water partition coefficient (Wildman–Crippen LogP) is 2.45. The Morgan fingerprint density at radius 3 is 2.52 bits per heavy atom. The molecule has 0 spiro atoms. The third kappa shape index (κ3) is 3.91. The van der Waals surface area contributed by atoms with E-state index >= 15 is 0 Å². The summed E-state index contributed by atoms with van der Waals surface area (Å²) in [5.41, 5.74) is 6.14. The maximum Gasteiger partial charge on any atom is 0.276 e. The van der Waals surface area contributed by atoms with E-state index in [-0.39, 0.29) is 5.91 Å². The lowest BCUT2D eigenvalue weighted by atomic mass is 10.1. The minimum Gasteiger partial charge on any atom is -0.289 e. The number of amides is 1. The van der Waals surface area contributed by atoms with Gasteiger partial charge in [-0.2, -0.15) is 5.10 Å². The van der Waals surface area contributed by atoms with E-state index in [4.69, 9.17) is 0 Å². The van der Waals surface area contributed by atoms with Gasteiger partial charge < -0.3 is 0 Å². The van der Waals surface area contributed by atoms with Crippen LogP contribution in [0.3, 0.4) is 0 Å². The van der Waals surface area contributed by atoms with Crippen LogP contribution in [-0.2, 0) is 4.79 Å². The van der Waals surface area contributed by atoms with Crippen molar-refractivity contribution in [2.24, 2.45) is 10.1 Å². The molecule has 1 amide bonds. The molecular formula is C18H16N4O. The molecular weight excluding hydrogens is 288 g/mol. The van der Waals surface area contributed by atoms with E-state index in [0.29, 0.717) is 11.7 Å². The Morgan fingerprint density at radius 1 is 1.04 bits per heavy atom. The van der Waals surface area contributed by atoms with E-state index in [9.17, 15) is 4.79 Å². The van der Waals surface area contributed by atoms with Gasteiger partial charge in [-0.15, -0.1) is 0 Å². The fourth-order valence-corrected chi connectivity index (χ4v) is 2.05. The van der Waals surface area contributed by atoms with Crippen molar-refractivity contribution < 1.29 is 4.79 Å². The van der Waals surface area contributed by atoms with Crippen LogP contribution in [0.25, 0.3) is 6.08 Å². The molecule has 2 N–H and O–H groups in total. The zero-order chi connectivity index (χ0) is 16.1. The van der Waals surface area contributed by atoms with Gasteiger partial charge in [-0.3, -0.25) is 10.1 Å². The van der Waals surface area contributed by atoms with Crippen LogP contribution in [0.1, 0.15) is 16.7 Å². The van der Waals surface area contributed by atoms with E-state index in [0.717, 1.165) is 11.1 Å². The Hall–Kier alpha value is -3.21. The molecule has 1 aliphatic heterocycles. The number of guanidine groups is 1. The molecule has 0 saturated carbocycles. The number of hydrogen-bond donors (Lipinski definition) is 2. The molecule has 0 aromatic heterocycles. The van der Waals surface area contributed by atoms with E-state index in [2.05, 4.69) is 20.8 Å². The Labute approximate surface area is 134 Å². The third-order valence-electron chi connectivity index (χ3n) is 3.26. The van der Waals surface area contributed by atoms with Gasteiger partial charge in [0.25, 0.3) is 5.91 Å². The van der Waals surface area contributed by atoms with Crippen LogP contribution >= 0.6 is 0 Å². The lowest BCUT2D eigenvalue weighted by Crippen LogP contribution is -2.33. The van der Waals surface area contributed by atoms with E-state index in [1.807, 2.05) is 61.5 Å². The lowest BCUT2D eigenvalue weighted by Gasteiger charge is -1.97. The highest BCUT2D eigenvalue weighted by atomic mass is 16.2. The molecule has 0 fully saturated rings. The van der Waals surface area contributed by atoms with E-state index in [1.165, 1.54) is 5.56 Å². The van der Waals surface area contributed by atoms with Crippen molar-refractivity contribution in [3.8, 4) is 0 Å². The van der Waals surface area contributed by atoms with Crippen molar-refractivity contribution in [2.45, 2.75) is 6.92 Å². The normalized spacial score (nSPS) is 15.8. The average molecular weight is 304 g/mol. The van der Waals surface area contributed by atoms with Crippen LogP contribution in [-0.4, -0.2) is 18.1 Å². The van der Waals surface area contributed by atoms with E-state index < -0.39 is 0 Å². The molecule has 0 saturated heterocycles. The highest BCUT2D eigenvalue weighted by molar-refractivity contribution is 6.13. The fraction of sp³-hybridized carbons (Fsp3) is 0.0556. The summed E-state index contributed by atoms with van der Waals surface area (Å²) in [5.74, 6) is 0.0727. The van der Waals surface area contributed by atoms with Crippen molar-refractivity contribution in [3.63, 3.8) is 0 Å². The number of carbonyl (C=O) groups is 1. The lowest BCUT2D eigenvalue weighted by molar-refractivity contribution is -0.115.